The Bertz CT molecular complexity index is 2280. The maximum Gasteiger partial charge on any atom is 0.137 e. The van der Waals surface area contributed by atoms with Gasteiger partial charge in [-0.2, -0.15) is 5.10 Å². The van der Waals surface area contributed by atoms with Gasteiger partial charge >= 0.3 is 0 Å². The Morgan fingerprint density at radius 1 is 0.846 bits per heavy atom. The SMILES string of the molecule is CCC1=C[C@H](C(C)(C)C)C[C@H](CC)C1c1c(C)nn(-c2cc(Oc3ccc4c5ccccc5n(-c5cc(CC)ccn5)c4c3)cc(C(C)C)c2)c1C. The number of allylic oxidation sites excluding steroid dienone is 2. The summed E-state index contributed by atoms with van der Waals surface area (Å²) in [7, 11) is 0. The van der Waals surface area contributed by atoms with Gasteiger partial charge in [-0.3, -0.25) is 4.57 Å². The van der Waals surface area contributed by atoms with Crippen LogP contribution in [0.4, 0.5) is 0 Å². The van der Waals surface area contributed by atoms with Crippen molar-refractivity contribution in [2.24, 2.45) is 17.3 Å². The Balaban J connectivity index is 1.30. The second-order valence-corrected chi connectivity index (χ2v) is 16.4. The zero-order chi connectivity index (χ0) is 36.9. The highest BCUT2D eigenvalue weighted by Crippen LogP contribution is 2.49. The van der Waals surface area contributed by atoms with Gasteiger partial charge in [0.05, 0.1) is 22.4 Å². The quantitative estimate of drug-likeness (QED) is 0.142. The summed E-state index contributed by atoms with van der Waals surface area (Å²) in [5.74, 6) is 4.46. The normalized spacial score (nSPS) is 18.1. The smallest absolute Gasteiger partial charge is 0.137 e. The van der Waals surface area contributed by atoms with Crippen LogP contribution in [0.15, 0.2) is 90.6 Å². The number of hydrogen-bond acceptors (Lipinski definition) is 3. The number of hydrogen-bond donors (Lipinski definition) is 0. The molecule has 0 fully saturated rings. The van der Waals surface area contributed by atoms with Crippen molar-refractivity contribution in [2.75, 3.05) is 0 Å². The highest BCUT2D eigenvalue weighted by Gasteiger charge is 2.38. The molecule has 0 aliphatic heterocycles. The number of para-hydroxylation sites is 1. The third kappa shape index (κ3) is 6.48. The topological polar surface area (TPSA) is 44.9 Å². The molecule has 0 saturated carbocycles. The molecule has 0 N–H and O–H groups in total. The molecule has 0 spiro atoms. The lowest BCUT2D eigenvalue weighted by Crippen LogP contribution is -2.30. The van der Waals surface area contributed by atoms with E-state index in [2.05, 4.69) is 157 Å². The van der Waals surface area contributed by atoms with Gasteiger partial charge in [-0.05, 0) is 110 Å². The number of fused-ring (bicyclic) bond motifs is 3. The number of benzene rings is 3. The largest absolute Gasteiger partial charge is 0.457 e. The monoisotopic (exact) mass is 692 g/mol. The molecule has 0 bridgehead atoms. The van der Waals surface area contributed by atoms with Gasteiger partial charge in [0.25, 0.3) is 0 Å². The van der Waals surface area contributed by atoms with Gasteiger partial charge in [-0.15, -0.1) is 0 Å². The molecule has 1 unspecified atom stereocenters. The molecule has 52 heavy (non-hydrogen) atoms. The Morgan fingerprint density at radius 2 is 1.62 bits per heavy atom. The first-order valence-electron chi connectivity index (χ1n) is 19.5. The number of rotatable bonds is 9. The fraction of sp³-hybridized carbons (Fsp3) is 0.404. The minimum atomic E-state index is 0.263. The molecule has 5 heteroatoms. The summed E-state index contributed by atoms with van der Waals surface area (Å²) in [4.78, 5) is 4.81. The molecule has 1 aliphatic rings. The van der Waals surface area contributed by atoms with Gasteiger partial charge in [-0.1, -0.05) is 91.7 Å². The first-order valence-corrected chi connectivity index (χ1v) is 19.5. The molecule has 1 aliphatic carbocycles. The van der Waals surface area contributed by atoms with Crippen molar-refractivity contribution >= 4 is 21.8 Å². The van der Waals surface area contributed by atoms with Gasteiger partial charge < -0.3 is 4.74 Å². The highest BCUT2D eigenvalue weighted by molar-refractivity contribution is 6.09. The van der Waals surface area contributed by atoms with Crippen LogP contribution >= 0.6 is 0 Å². The molecule has 270 valence electrons. The summed E-state index contributed by atoms with van der Waals surface area (Å²) in [6.07, 6.45) is 8.95. The van der Waals surface area contributed by atoms with E-state index >= 15 is 0 Å². The predicted molar refractivity (Wildman–Crippen MR) is 218 cm³/mol. The van der Waals surface area contributed by atoms with Crippen molar-refractivity contribution in [2.45, 2.75) is 107 Å². The van der Waals surface area contributed by atoms with Crippen LogP contribution in [0.25, 0.3) is 33.3 Å². The van der Waals surface area contributed by atoms with E-state index in [9.17, 15) is 0 Å². The van der Waals surface area contributed by atoms with Crippen LogP contribution in [0.3, 0.4) is 0 Å². The lowest BCUT2D eigenvalue weighted by Gasteiger charge is -2.41. The van der Waals surface area contributed by atoms with Crippen molar-refractivity contribution in [3.63, 3.8) is 0 Å². The molecule has 7 rings (SSSR count). The van der Waals surface area contributed by atoms with Crippen molar-refractivity contribution in [1.82, 2.24) is 19.3 Å². The zero-order valence-corrected chi connectivity index (χ0v) is 32.9. The first kappa shape index (κ1) is 35.7. The molecule has 0 amide bonds. The maximum atomic E-state index is 6.79. The van der Waals surface area contributed by atoms with Crippen molar-refractivity contribution in [3.05, 3.63) is 119 Å². The fourth-order valence-corrected chi connectivity index (χ4v) is 8.64. The van der Waals surface area contributed by atoms with Crippen molar-refractivity contribution < 1.29 is 4.74 Å². The lowest BCUT2D eigenvalue weighted by atomic mass is 9.63. The van der Waals surface area contributed by atoms with E-state index in [1.54, 1.807) is 5.57 Å². The Labute approximate surface area is 310 Å². The Morgan fingerprint density at radius 3 is 2.33 bits per heavy atom. The van der Waals surface area contributed by atoms with Crippen LogP contribution in [-0.2, 0) is 6.42 Å². The third-order valence-corrected chi connectivity index (χ3v) is 11.7. The molecule has 0 saturated heterocycles. The lowest BCUT2D eigenvalue weighted by molar-refractivity contribution is 0.211. The summed E-state index contributed by atoms with van der Waals surface area (Å²) < 4.78 is 11.2. The number of pyridine rings is 1. The predicted octanol–water partition coefficient (Wildman–Crippen LogP) is 13.0. The van der Waals surface area contributed by atoms with Crippen LogP contribution in [-0.4, -0.2) is 19.3 Å². The average Bonchev–Trinajstić information content (AvgIpc) is 3.62. The molecule has 3 aromatic heterocycles. The van der Waals surface area contributed by atoms with E-state index in [0.29, 0.717) is 23.7 Å². The number of aromatic nitrogens is 4. The van der Waals surface area contributed by atoms with E-state index < -0.39 is 0 Å². The van der Waals surface area contributed by atoms with Gasteiger partial charge in [-0.25, -0.2) is 9.67 Å². The summed E-state index contributed by atoms with van der Waals surface area (Å²) in [6, 6.07) is 25.9. The van der Waals surface area contributed by atoms with Crippen molar-refractivity contribution in [3.8, 4) is 23.0 Å². The molecule has 5 nitrogen and oxygen atoms in total. The minimum absolute atomic E-state index is 0.263. The van der Waals surface area contributed by atoms with E-state index in [4.69, 9.17) is 14.8 Å². The van der Waals surface area contributed by atoms with Gasteiger partial charge in [0.15, 0.2) is 0 Å². The summed E-state index contributed by atoms with van der Waals surface area (Å²) in [5.41, 5.74) is 11.4. The van der Waals surface area contributed by atoms with Gasteiger partial charge in [0.1, 0.15) is 17.3 Å². The fourth-order valence-electron chi connectivity index (χ4n) is 8.64. The molecule has 3 atom stereocenters. The van der Waals surface area contributed by atoms with Crippen LogP contribution < -0.4 is 4.74 Å². The number of ether oxygens (including phenoxy) is 1. The van der Waals surface area contributed by atoms with Crippen molar-refractivity contribution in [1.29, 1.82) is 0 Å². The Hall–Kier alpha value is -4.64. The van der Waals surface area contributed by atoms with Crippen LogP contribution in [0.2, 0.25) is 0 Å². The number of aryl methyl sites for hydroxylation is 2. The van der Waals surface area contributed by atoms with Gasteiger partial charge in [0.2, 0.25) is 0 Å². The second kappa shape index (κ2) is 14.1. The summed E-state index contributed by atoms with van der Waals surface area (Å²) >= 11 is 0. The minimum Gasteiger partial charge on any atom is -0.457 e. The second-order valence-electron chi connectivity index (χ2n) is 16.4. The van der Waals surface area contributed by atoms with Crippen LogP contribution in [0, 0.1) is 31.1 Å². The molecule has 3 aromatic carbocycles. The summed E-state index contributed by atoms with van der Waals surface area (Å²) in [6.45, 7) is 23.0. The van der Waals surface area contributed by atoms with E-state index in [1.807, 2.05) is 6.20 Å². The van der Waals surface area contributed by atoms with Gasteiger partial charge in [0, 0.05) is 46.3 Å². The molecular formula is C47H56N4O. The summed E-state index contributed by atoms with van der Waals surface area (Å²) in [5, 5.41) is 7.64. The molecular weight excluding hydrogens is 637 g/mol. The van der Waals surface area contributed by atoms with E-state index in [0.717, 1.165) is 52.6 Å². The van der Waals surface area contributed by atoms with Crippen LogP contribution in [0.1, 0.15) is 115 Å². The standard InChI is InChI=1S/C47H56N4O/c1-11-32-20-21-48-44(22-32)50-42-17-15-14-16-40(42)41-19-18-38(28-43(41)50)52-39-26-35(29(4)5)25-37(27-39)51-31(7)45(30(6)49-51)46-33(12-2)23-36(47(8,9)10)24-34(46)13-3/h14-23,25-29,34,36,46H,11-13,24H2,1-10H3/t34-,36-,46?/m0/s1. The zero-order valence-electron chi connectivity index (χ0n) is 32.9. The first-order chi connectivity index (χ1) is 24.9. The third-order valence-electron chi connectivity index (χ3n) is 11.7. The van der Waals surface area contributed by atoms with Crippen LogP contribution in [0.5, 0.6) is 11.5 Å². The average molecular weight is 693 g/mol. The van der Waals surface area contributed by atoms with E-state index in [1.165, 1.54) is 46.0 Å². The Kier molecular flexibility index (Phi) is 9.67. The molecule has 3 heterocycles. The number of nitrogens with zero attached hydrogens (tertiary/aromatic N) is 4. The molecule has 0 radical (unpaired) electrons. The highest BCUT2D eigenvalue weighted by atomic mass is 16.5. The van der Waals surface area contributed by atoms with E-state index in [-0.39, 0.29) is 5.41 Å². The molecule has 6 aromatic rings. The maximum absolute atomic E-state index is 6.79.